The van der Waals surface area contributed by atoms with Crippen LogP contribution in [0.1, 0.15) is 0 Å². The Kier molecular flexibility index (Phi) is 3.72. The van der Waals surface area contributed by atoms with E-state index in [1.165, 1.54) is 0 Å². The van der Waals surface area contributed by atoms with Crippen LogP contribution < -0.4 is 0 Å². The lowest BCUT2D eigenvalue weighted by atomic mass is 10.3. The molecule has 0 N–H and O–H groups in total. The molecule has 0 fully saturated rings. The predicted octanol–water partition coefficient (Wildman–Crippen LogP) is 2.23. The molecule has 0 bridgehead atoms. The first-order valence-electron chi connectivity index (χ1n) is 4.03. The minimum atomic E-state index is -4.84. The van der Waals surface area contributed by atoms with E-state index in [1.54, 1.807) is 0 Å². The van der Waals surface area contributed by atoms with Gasteiger partial charge in [0.2, 0.25) is 0 Å². The molecule has 0 saturated carbocycles. The van der Waals surface area contributed by atoms with Gasteiger partial charge in [-0.15, -0.1) is 0 Å². The molecule has 1 aromatic carbocycles. The summed E-state index contributed by atoms with van der Waals surface area (Å²) < 4.78 is 86.2. The van der Waals surface area contributed by atoms with Gasteiger partial charge in [0.05, 0.1) is 4.90 Å². The molecule has 0 heterocycles. The third-order valence-corrected chi connectivity index (χ3v) is 2.82. The number of hydrogen-bond acceptors (Lipinski definition) is 3. The Labute approximate surface area is 92.9 Å². The van der Waals surface area contributed by atoms with Gasteiger partial charge in [-0.25, -0.2) is 8.78 Å². The molecule has 0 amide bonds. The molecule has 3 nitrogen and oxygen atoms in total. The number of benzene rings is 1. The van der Waals surface area contributed by atoms with Crippen molar-refractivity contribution in [3.8, 4) is 0 Å². The number of rotatable bonds is 3. The molecule has 0 aliphatic carbocycles. The highest BCUT2D eigenvalue weighted by Crippen LogP contribution is 2.20. The van der Waals surface area contributed by atoms with Crippen LogP contribution in [0.3, 0.4) is 0 Å². The summed E-state index contributed by atoms with van der Waals surface area (Å²) in [5, 5.41) is 0. The van der Waals surface area contributed by atoms with Crippen LogP contribution in [0.2, 0.25) is 0 Å². The van der Waals surface area contributed by atoms with E-state index in [-0.39, 0.29) is 6.07 Å². The van der Waals surface area contributed by atoms with E-state index in [0.717, 1.165) is 0 Å². The van der Waals surface area contributed by atoms with Gasteiger partial charge in [0.15, 0.2) is 18.2 Å². The van der Waals surface area contributed by atoms with Crippen LogP contribution in [0.4, 0.5) is 22.0 Å². The standard InChI is InChI=1S/C8H5F5O3S/c9-6-2-1-5(3-7(6)10)17(14,15)16-4-8(11,12)13/h1-3H,4H2. The van der Waals surface area contributed by atoms with Crippen molar-refractivity contribution in [1.82, 2.24) is 0 Å². The Balaban J connectivity index is 2.94. The monoisotopic (exact) mass is 276 g/mol. The Morgan fingerprint density at radius 3 is 2.18 bits per heavy atom. The highest BCUT2D eigenvalue weighted by atomic mass is 32.2. The summed E-state index contributed by atoms with van der Waals surface area (Å²) in [5.41, 5.74) is 0. The molecule has 0 aliphatic rings. The molecule has 0 spiro atoms. The van der Waals surface area contributed by atoms with Crippen molar-refractivity contribution in [3.05, 3.63) is 29.8 Å². The Bertz CT molecular complexity index is 508. The summed E-state index contributed by atoms with van der Waals surface area (Å²) in [6.07, 6.45) is -4.84. The molecule has 1 aromatic rings. The summed E-state index contributed by atoms with van der Waals surface area (Å²) >= 11 is 0. The first-order valence-corrected chi connectivity index (χ1v) is 5.44. The molecule has 0 aliphatic heterocycles. The van der Waals surface area contributed by atoms with Crippen molar-refractivity contribution >= 4 is 10.1 Å². The summed E-state index contributed by atoms with van der Waals surface area (Å²) in [7, 11) is -4.76. The summed E-state index contributed by atoms with van der Waals surface area (Å²) in [4.78, 5) is -0.888. The maximum Gasteiger partial charge on any atom is 0.413 e. The van der Waals surface area contributed by atoms with Gasteiger partial charge in [-0.05, 0) is 18.2 Å². The fourth-order valence-electron chi connectivity index (χ4n) is 0.845. The van der Waals surface area contributed by atoms with Crippen molar-refractivity contribution < 1.29 is 34.6 Å². The molecular weight excluding hydrogens is 271 g/mol. The quantitative estimate of drug-likeness (QED) is 0.628. The zero-order chi connectivity index (χ0) is 13.3. The van der Waals surface area contributed by atoms with E-state index in [4.69, 9.17) is 0 Å². The van der Waals surface area contributed by atoms with E-state index >= 15 is 0 Å². The third kappa shape index (κ3) is 3.93. The van der Waals surface area contributed by atoms with Gasteiger partial charge >= 0.3 is 6.18 Å². The van der Waals surface area contributed by atoms with E-state index in [9.17, 15) is 30.4 Å². The normalized spacial score (nSPS) is 12.8. The Morgan fingerprint density at radius 2 is 1.71 bits per heavy atom. The topological polar surface area (TPSA) is 43.4 Å². The Hall–Kier alpha value is -1.22. The lowest BCUT2D eigenvalue weighted by molar-refractivity contribution is -0.152. The first-order chi connectivity index (χ1) is 7.62. The number of halogens is 5. The Morgan fingerprint density at radius 1 is 1.12 bits per heavy atom. The molecule has 0 aromatic heterocycles. The number of alkyl halides is 3. The molecular formula is C8H5F5O3S. The maximum atomic E-state index is 12.7. The van der Waals surface area contributed by atoms with Gasteiger partial charge in [-0.3, -0.25) is 4.18 Å². The van der Waals surface area contributed by atoms with Crippen molar-refractivity contribution in [2.24, 2.45) is 0 Å². The highest BCUT2D eigenvalue weighted by molar-refractivity contribution is 7.86. The molecule has 0 saturated heterocycles. The maximum absolute atomic E-state index is 12.7. The second-order valence-electron chi connectivity index (χ2n) is 2.91. The molecule has 96 valence electrons. The fourth-order valence-corrected chi connectivity index (χ4v) is 1.75. The third-order valence-electron chi connectivity index (χ3n) is 1.56. The van der Waals surface area contributed by atoms with Crippen molar-refractivity contribution in [3.63, 3.8) is 0 Å². The van der Waals surface area contributed by atoms with Crippen LogP contribution in [0, 0.1) is 11.6 Å². The molecule has 0 radical (unpaired) electrons. The average Bonchev–Trinajstić information content (AvgIpc) is 2.18. The van der Waals surface area contributed by atoms with E-state index in [1.807, 2.05) is 0 Å². The van der Waals surface area contributed by atoms with Gasteiger partial charge in [-0.1, -0.05) is 0 Å². The van der Waals surface area contributed by atoms with E-state index in [2.05, 4.69) is 4.18 Å². The zero-order valence-corrected chi connectivity index (χ0v) is 8.78. The van der Waals surface area contributed by atoms with Crippen molar-refractivity contribution in [1.29, 1.82) is 0 Å². The molecule has 17 heavy (non-hydrogen) atoms. The van der Waals surface area contributed by atoms with Crippen LogP contribution in [0.15, 0.2) is 23.1 Å². The van der Waals surface area contributed by atoms with Gasteiger partial charge in [0, 0.05) is 0 Å². The minimum Gasteiger partial charge on any atom is -0.257 e. The van der Waals surface area contributed by atoms with E-state index < -0.39 is 39.4 Å². The lowest BCUT2D eigenvalue weighted by Gasteiger charge is -2.08. The minimum absolute atomic E-state index is 0.237. The summed E-state index contributed by atoms with van der Waals surface area (Å²) in [6, 6.07) is 1.31. The van der Waals surface area contributed by atoms with Gasteiger partial charge in [0.25, 0.3) is 10.1 Å². The van der Waals surface area contributed by atoms with Crippen LogP contribution in [0.25, 0.3) is 0 Å². The second kappa shape index (κ2) is 4.57. The molecule has 0 unspecified atom stereocenters. The van der Waals surface area contributed by atoms with Gasteiger partial charge in [-0.2, -0.15) is 21.6 Å². The van der Waals surface area contributed by atoms with Gasteiger partial charge < -0.3 is 0 Å². The van der Waals surface area contributed by atoms with Crippen molar-refractivity contribution in [2.45, 2.75) is 11.1 Å². The van der Waals surface area contributed by atoms with Gasteiger partial charge in [0.1, 0.15) is 0 Å². The average molecular weight is 276 g/mol. The summed E-state index contributed by atoms with van der Waals surface area (Å²) in [6.45, 7) is -2.03. The van der Waals surface area contributed by atoms with E-state index in [0.29, 0.717) is 12.1 Å². The smallest absolute Gasteiger partial charge is 0.257 e. The lowest BCUT2D eigenvalue weighted by Crippen LogP contribution is -2.20. The number of hydrogen-bond donors (Lipinski definition) is 0. The second-order valence-corrected chi connectivity index (χ2v) is 4.52. The molecule has 0 atom stereocenters. The SMILES string of the molecule is O=S(=O)(OCC(F)(F)F)c1ccc(F)c(F)c1. The highest BCUT2D eigenvalue weighted by Gasteiger charge is 2.31. The zero-order valence-electron chi connectivity index (χ0n) is 7.96. The predicted molar refractivity (Wildman–Crippen MR) is 45.6 cm³/mol. The molecule has 1 rings (SSSR count). The largest absolute Gasteiger partial charge is 0.413 e. The van der Waals surface area contributed by atoms with Crippen LogP contribution in [-0.2, 0) is 14.3 Å². The van der Waals surface area contributed by atoms with Crippen LogP contribution in [0.5, 0.6) is 0 Å². The molecule has 9 heteroatoms. The summed E-state index contributed by atoms with van der Waals surface area (Å²) in [5.74, 6) is -2.82. The fraction of sp³-hybridized carbons (Fsp3) is 0.250. The first kappa shape index (κ1) is 13.8. The van der Waals surface area contributed by atoms with Crippen molar-refractivity contribution in [2.75, 3.05) is 6.61 Å². The van der Waals surface area contributed by atoms with Crippen LogP contribution >= 0.6 is 0 Å². The van der Waals surface area contributed by atoms with Crippen LogP contribution in [-0.4, -0.2) is 21.2 Å².